The maximum atomic E-state index is 13.1. The van der Waals surface area contributed by atoms with Crippen molar-refractivity contribution in [1.82, 2.24) is 10.2 Å². The molecule has 1 saturated heterocycles. The minimum Gasteiger partial charge on any atom is -0.342 e. The second-order valence-electron chi connectivity index (χ2n) is 5.00. The van der Waals surface area contributed by atoms with Crippen LogP contribution in [0.15, 0.2) is 18.2 Å². The molecule has 2 rings (SSSR count). The zero-order valence-electron chi connectivity index (χ0n) is 11.0. The summed E-state index contributed by atoms with van der Waals surface area (Å²) in [6.45, 7) is 2.66. The molecule has 0 radical (unpaired) electrons. The van der Waals surface area contributed by atoms with E-state index < -0.39 is 11.6 Å². The van der Waals surface area contributed by atoms with E-state index >= 15 is 0 Å². The molecule has 1 fully saturated rings. The quantitative estimate of drug-likeness (QED) is 0.906. The van der Waals surface area contributed by atoms with E-state index in [-0.39, 0.29) is 11.5 Å². The molecule has 1 aliphatic heterocycles. The largest absolute Gasteiger partial charge is 0.342 e. The summed E-state index contributed by atoms with van der Waals surface area (Å²) in [6, 6.07) is 3.25. The number of benzene rings is 1. The Morgan fingerprint density at radius 2 is 2.21 bits per heavy atom. The molecule has 1 amide bonds. The van der Waals surface area contributed by atoms with Crippen LogP contribution in [-0.4, -0.2) is 37.5 Å². The molecule has 19 heavy (non-hydrogen) atoms. The van der Waals surface area contributed by atoms with Crippen molar-refractivity contribution in [2.45, 2.75) is 12.8 Å². The van der Waals surface area contributed by atoms with Crippen molar-refractivity contribution in [3.05, 3.63) is 35.4 Å². The van der Waals surface area contributed by atoms with E-state index in [0.29, 0.717) is 12.5 Å². The fraction of sp³-hybridized carbons (Fsp3) is 0.500. The van der Waals surface area contributed by atoms with E-state index in [4.69, 9.17) is 0 Å². The predicted molar refractivity (Wildman–Crippen MR) is 68.9 cm³/mol. The van der Waals surface area contributed by atoms with E-state index in [9.17, 15) is 13.6 Å². The summed E-state index contributed by atoms with van der Waals surface area (Å²) in [7, 11) is 1.69. The number of rotatable bonds is 4. The van der Waals surface area contributed by atoms with Crippen molar-refractivity contribution in [3.8, 4) is 0 Å². The molecule has 1 unspecified atom stereocenters. The Morgan fingerprint density at radius 1 is 1.42 bits per heavy atom. The van der Waals surface area contributed by atoms with E-state index in [1.807, 2.05) is 0 Å². The summed E-state index contributed by atoms with van der Waals surface area (Å²) in [4.78, 5) is 13.6. The van der Waals surface area contributed by atoms with Gasteiger partial charge in [-0.15, -0.1) is 0 Å². The van der Waals surface area contributed by atoms with Crippen LogP contribution >= 0.6 is 0 Å². The SMILES string of the molecule is CN(CCC1CCNC1)C(=O)c1ccc(F)c(F)c1. The molecule has 1 atom stereocenters. The summed E-state index contributed by atoms with van der Waals surface area (Å²) in [5, 5.41) is 3.28. The van der Waals surface area contributed by atoms with Crippen LogP contribution in [-0.2, 0) is 0 Å². The Bertz CT molecular complexity index is 459. The van der Waals surface area contributed by atoms with E-state index in [1.165, 1.54) is 6.07 Å². The number of hydrogen-bond donors (Lipinski definition) is 1. The van der Waals surface area contributed by atoms with Crippen LogP contribution in [0.1, 0.15) is 23.2 Å². The van der Waals surface area contributed by atoms with Crippen molar-refractivity contribution < 1.29 is 13.6 Å². The van der Waals surface area contributed by atoms with Gasteiger partial charge in [0.15, 0.2) is 11.6 Å². The van der Waals surface area contributed by atoms with Gasteiger partial charge in [0.05, 0.1) is 0 Å². The standard InChI is InChI=1S/C14H18F2N2O/c1-18(7-5-10-4-6-17-9-10)14(19)11-2-3-12(15)13(16)8-11/h2-3,8,10,17H,4-7,9H2,1H3. The number of carbonyl (C=O) groups excluding carboxylic acids is 1. The Hall–Kier alpha value is -1.49. The van der Waals surface area contributed by atoms with Gasteiger partial charge >= 0.3 is 0 Å². The molecule has 1 aromatic carbocycles. The lowest BCUT2D eigenvalue weighted by atomic mass is 10.0. The van der Waals surface area contributed by atoms with Gasteiger partial charge in [0, 0.05) is 19.2 Å². The van der Waals surface area contributed by atoms with Crippen molar-refractivity contribution in [1.29, 1.82) is 0 Å². The topological polar surface area (TPSA) is 32.3 Å². The molecule has 104 valence electrons. The Labute approximate surface area is 111 Å². The maximum Gasteiger partial charge on any atom is 0.253 e. The molecule has 1 N–H and O–H groups in total. The average Bonchev–Trinajstić information content (AvgIpc) is 2.91. The fourth-order valence-corrected chi connectivity index (χ4v) is 2.29. The van der Waals surface area contributed by atoms with Crippen LogP contribution in [0.5, 0.6) is 0 Å². The van der Waals surface area contributed by atoms with Gasteiger partial charge in [-0.1, -0.05) is 0 Å². The number of amides is 1. The molecule has 0 saturated carbocycles. The van der Waals surface area contributed by atoms with Crippen LogP contribution in [0.2, 0.25) is 0 Å². The fourth-order valence-electron chi connectivity index (χ4n) is 2.29. The smallest absolute Gasteiger partial charge is 0.253 e. The Balaban J connectivity index is 1.92. The maximum absolute atomic E-state index is 13.1. The summed E-state index contributed by atoms with van der Waals surface area (Å²) >= 11 is 0. The molecule has 0 bridgehead atoms. The molecule has 0 aromatic heterocycles. The molecular weight excluding hydrogens is 250 g/mol. The molecule has 0 spiro atoms. The first-order chi connectivity index (χ1) is 9.08. The van der Waals surface area contributed by atoms with Crippen LogP contribution in [0.4, 0.5) is 8.78 Å². The van der Waals surface area contributed by atoms with Gasteiger partial charge in [0.2, 0.25) is 0 Å². The molecule has 0 aliphatic carbocycles. The lowest BCUT2D eigenvalue weighted by molar-refractivity contribution is 0.0787. The van der Waals surface area contributed by atoms with Crippen LogP contribution < -0.4 is 5.32 Å². The van der Waals surface area contributed by atoms with Gasteiger partial charge in [-0.2, -0.15) is 0 Å². The van der Waals surface area contributed by atoms with Crippen molar-refractivity contribution in [3.63, 3.8) is 0 Å². The Kier molecular flexibility index (Phi) is 4.47. The van der Waals surface area contributed by atoms with Gasteiger partial charge in [-0.25, -0.2) is 8.78 Å². The van der Waals surface area contributed by atoms with E-state index in [2.05, 4.69) is 5.32 Å². The van der Waals surface area contributed by atoms with Crippen molar-refractivity contribution in [2.75, 3.05) is 26.7 Å². The second kappa shape index (κ2) is 6.10. The highest BCUT2D eigenvalue weighted by Gasteiger charge is 2.18. The third kappa shape index (κ3) is 3.50. The average molecular weight is 268 g/mol. The summed E-state index contributed by atoms with van der Waals surface area (Å²) < 4.78 is 25.9. The van der Waals surface area contributed by atoms with Gasteiger partial charge in [-0.05, 0) is 50.0 Å². The van der Waals surface area contributed by atoms with E-state index in [1.54, 1.807) is 11.9 Å². The molecule has 1 aromatic rings. The third-order valence-corrected chi connectivity index (χ3v) is 3.55. The second-order valence-corrected chi connectivity index (χ2v) is 5.00. The third-order valence-electron chi connectivity index (χ3n) is 3.55. The predicted octanol–water partition coefficient (Wildman–Crippen LogP) is 2.04. The summed E-state index contributed by atoms with van der Waals surface area (Å²) in [6.07, 6.45) is 2.06. The van der Waals surface area contributed by atoms with Crippen LogP contribution in [0.3, 0.4) is 0 Å². The zero-order valence-corrected chi connectivity index (χ0v) is 11.0. The Morgan fingerprint density at radius 3 is 2.84 bits per heavy atom. The van der Waals surface area contributed by atoms with Crippen LogP contribution in [0.25, 0.3) is 0 Å². The number of hydrogen-bond acceptors (Lipinski definition) is 2. The number of nitrogens with one attached hydrogen (secondary N) is 1. The molecule has 5 heteroatoms. The summed E-state index contributed by atoms with van der Waals surface area (Å²) in [5.41, 5.74) is 0.186. The van der Waals surface area contributed by atoms with Crippen molar-refractivity contribution in [2.24, 2.45) is 5.92 Å². The number of carbonyl (C=O) groups is 1. The zero-order chi connectivity index (χ0) is 13.8. The van der Waals surface area contributed by atoms with Crippen molar-refractivity contribution >= 4 is 5.91 Å². The number of nitrogens with zero attached hydrogens (tertiary/aromatic N) is 1. The molecule has 1 aliphatic rings. The minimum absolute atomic E-state index is 0.186. The first-order valence-electron chi connectivity index (χ1n) is 6.49. The highest BCUT2D eigenvalue weighted by Crippen LogP contribution is 2.14. The molecular formula is C14H18F2N2O. The highest BCUT2D eigenvalue weighted by atomic mass is 19.2. The number of halogens is 2. The highest BCUT2D eigenvalue weighted by molar-refractivity contribution is 5.94. The minimum atomic E-state index is -0.987. The van der Waals surface area contributed by atoms with Crippen LogP contribution in [0, 0.1) is 17.6 Å². The van der Waals surface area contributed by atoms with Gasteiger partial charge in [0.1, 0.15) is 0 Å². The van der Waals surface area contributed by atoms with Gasteiger partial charge in [0.25, 0.3) is 5.91 Å². The lowest BCUT2D eigenvalue weighted by Crippen LogP contribution is -2.29. The molecule has 1 heterocycles. The van der Waals surface area contributed by atoms with Gasteiger partial charge < -0.3 is 10.2 Å². The first-order valence-corrected chi connectivity index (χ1v) is 6.49. The lowest BCUT2D eigenvalue weighted by Gasteiger charge is -2.19. The summed E-state index contributed by atoms with van der Waals surface area (Å²) in [5.74, 6) is -1.60. The van der Waals surface area contributed by atoms with Gasteiger partial charge in [-0.3, -0.25) is 4.79 Å². The monoisotopic (exact) mass is 268 g/mol. The normalized spacial score (nSPS) is 18.6. The molecule has 3 nitrogen and oxygen atoms in total. The van der Waals surface area contributed by atoms with E-state index in [0.717, 1.165) is 38.1 Å². The first kappa shape index (κ1) is 13.9.